The number of amides is 1. The van der Waals surface area contributed by atoms with Gasteiger partial charge in [-0.2, -0.15) is 0 Å². The molecule has 1 amide bonds. The number of rotatable bonds is 4. The fraction of sp³-hybridized carbons (Fsp3) is 0.238. The van der Waals surface area contributed by atoms with Crippen molar-refractivity contribution in [1.29, 1.82) is 0 Å². The number of aromatic nitrogens is 3. The Morgan fingerprint density at radius 3 is 2.93 bits per heavy atom. The van der Waals surface area contributed by atoms with Crippen LogP contribution in [-0.2, 0) is 0 Å². The van der Waals surface area contributed by atoms with Crippen LogP contribution in [0.2, 0.25) is 0 Å². The van der Waals surface area contributed by atoms with Crippen molar-refractivity contribution in [3.63, 3.8) is 0 Å². The molecule has 1 saturated heterocycles. The molecule has 0 aliphatic carbocycles. The molecule has 1 aromatic carbocycles. The van der Waals surface area contributed by atoms with Crippen LogP contribution in [0.3, 0.4) is 0 Å². The van der Waals surface area contributed by atoms with Gasteiger partial charge in [0.25, 0.3) is 5.91 Å². The van der Waals surface area contributed by atoms with Crippen LogP contribution in [0.15, 0.2) is 61.1 Å². The molecule has 1 aliphatic rings. The quantitative estimate of drug-likeness (QED) is 0.690. The van der Waals surface area contributed by atoms with Crippen molar-refractivity contribution in [2.24, 2.45) is 0 Å². The van der Waals surface area contributed by atoms with Gasteiger partial charge in [0.2, 0.25) is 5.88 Å². The lowest BCUT2D eigenvalue weighted by molar-refractivity contribution is 0.0699. The lowest BCUT2D eigenvalue weighted by Crippen LogP contribution is -2.39. The van der Waals surface area contributed by atoms with Gasteiger partial charge in [-0.05, 0) is 37.1 Å². The highest BCUT2D eigenvalue weighted by molar-refractivity contribution is 5.92. The molecular formula is C21H19FN4O2. The van der Waals surface area contributed by atoms with Crippen LogP contribution >= 0.6 is 0 Å². The molecule has 142 valence electrons. The number of likely N-dealkylation sites (tertiary alicyclic amines) is 1. The Labute approximate surface area is 162 Å². The van der Waals surface area contributed by atoms with Gasteiger partial charge < -0.3 is 9.64 Å². The highest BCUT2D eigenvalue weighted by atomic mass is 19.1. The molecule has 0 bridgehead atoms. The van der Waals surface area contributed by atoms with Gasteiger partial charge in [-0.15, -0.1) is 0 Å². The minimum Gasteiger partial charge on any atom is -0.437 e. The maximum absolute atomic E-state index is 13.3. The molecule has 1 fully saturated rings. The van der Waals surface area contributed by atoms with Crippen LogP contribution in [0, 0.1) is 5.82 Å². The minimum atomic E-state index is -0.377. The zero-order valence-corrected chi connectivity index (χ0v) is 15.2. The van der Waals surface area contributed by atoms with Crippen LogP contribution < -0.4 is 4.74 Å². The molecule has 2 aromatic heterocycles. The second kappa shape index (κ2) is 8.12. The molecule has 7 heteroatoms. The minimum absolute atomic E-state index is 0.0602. The summed E-state index contributed by atoms with van der Waals surface area (Å²) in [7, 11) is 0. The predicted molar refractivity (Wildman–Crippen MR) is 101 cm³/mol. The van der Waals surface area contributed by atoms with E-state index in [2.05, 4.69) is 15.0 Å². The first-order chi connectivity index (χ1) is 13.7. The molecule has 0 spiro atoms. The zero-order chi connectivity index (χ0) is 19.3. The van der Waals surface area contributed by atoms with Gasteiger partial charge in [0.05, 0.1) is 11.9 Å². The average Bonchev–Trinajstić information content (AvgIpc) is 2.74. The Kier molecular flexibility index (Phi) is 5.23. The van der Waals surface area contributed by atoms with Crippen LogP contribution in [0.4, 0.5) is 4.39 Å². The molecule has 0 radical (unpaired) electrons. The van der Waals surface area contributed by atoms with Crippen molar-refractivity contribution in [2.75, 3.05) is 13.1 Å². The number of hydrogen-bond donors (Lipinski definition) is 0. The molecule has 3 heterocycles. The summed E-state index contributed by atoms with van der Waals surface area (Å²) in [5.74, 6) is 0.270. The fourth-order valence-electron chi connectivity index (χ4n) is 3.31. The SMILES string of the molecule is O=C(c1ccccn1)N1CCC[C@H](c2cncc(Oc3cccc(F)c3)n2)C1. The smallest absolute Gasteiger partial charge is 0.272 e. The molecule has 4 rings (SSSR count). The molecule has 0 unspecified atom stereocenters. The summed E-state index contributed by atoms with van der Waals surface area (Å²) in [4.78, 5) is 27.4. The summed E-state index contributed by atoms with van der Waals surface area (Å²) in [6, 6.07) is 11.2. The van der Waals surface area contributed by atoms with E-state index in [1.807, 2.05) is 0 Å². The number of carbonyl (C=O) groups is 1. The summed E-state index contributed by atoms with van der Waals surface area (Å²) >= 11 is 0. The lowest BCUT2D eigenvalue weighted by Gasteiger charge is -2.32. The Balaban J connectivity index is 1.48. The number of ether oxygens (including phenoxy) is 1. The van der Waals surface area contributed by atoms with E-state index >= 15 is 0 Å². The van der Waals surface area contributed by atoms with Gasteiger partial charge >= 0.3 is 0 Å². The first-order valence-electron chi connectivity index (χ1n) is 9.15. The standard InChI is InChI=1S/C21H19FN4O2/c22-16-6-3-7-17(11-16)28-20-13-23-12-19(25-20)15-5-4-10-26(14-15)21(27)18-8-1-2-9-24-18/h1-3,6-9,11-13,15H,4-5,10,14H2/t15-/m0/s1. The fourth-order valence-corrected chi connectivity index (χ4v) is 3.31. The van der Waals surface area contributed by atoms with E-state index in [0.29, 0.717) is 30.4 Å². The molecule has 0 saturated carbocycles. The molecular weight excluding hydrogens is 359 g/mol. The molecule has 0 N–H and O–H groups in total. The van der Waals surface area contributed by atoms with Crippen LogP contribution in [0.25, 0.3) is 0 Å². The third-order valence-electron chi connectivity index (χ3n) is 4.66. The Morgan fingerprint density at radius 1 is 1.18 bits per heavy atom. The van der Waals surface area contributed by atoms with Crippen LogP contribution in [-0.4, -0.2) is 38.8 Å². The summed E-state index contributed by atoms with van der Waals surface area (Å²) in [5, 5.41) is 0. The number of pyridine rings is 1. The summed E-state index contributed by atoms with van der Waals surface area (Å²) < 4.78 is 19.0. The number of hydrogen-bond acceptors (Lipinski definition) is 5. The highest BCUT2D eigenvalue weighted by Gasteiger charge is 2.27. The van der Waals surface area contributed by atoms with Crippen molar-refractivity contribution < 1.29 is 13.9 Å². The molecule has 1 atom stereocenters. The van der Waals surface area contributed by atoms with Gasteiger partial charge in [0, 0.05) is 37.5 Å². The van der Waals surface area contributed by atoms with Crippen LogP contribution in [0.5, 0.6) is 11.6 Å². The van der Waals surface area contributed by atoms with E-state index in [1.54, 1.807) is 47.6 Å². The van der Waals surface area contributed by atoms with Crippen molar-refractivity contribution in [2.45, 2.75) is 18.8 Å². The highest BCUT2D eigenvalue weighted by Crippen LogP contribution is 2.28. The van der Waals surface area contributed by atoms with Crippen LogP contribution in [0.1, 0.15) is 34.9 Å². The monoisotopic (exact) mass is 378 g/mol. The maximum atomic E-state index is 13.3. The van der Waals surface area contributed by atoms with Gasteiger partial charge in [-0.25, -0.2) is 9.37 Å². The van der Waals surface area contributed by atoms with Crippen molar-refractivity contribution in [3.05, 3.63) is 78.3 Å². The third kappa shape index (κ3) is 4.14. The number of benzene rings is 1. The molecule has 1 aliphatic heterocycles. The van der Waals surface area contributed by atoms with Crippen molar-refractivity contribution in [3.8, 4) is 11.6 Å². The van der Waals surface area contributed by atoms with Crippen molar-refractivity contribution in [1.82, 2.24) is 19.9 Å². The van der Waals surface area contributed by atoms with E-state index in [9.17, 15) is 9.18 Å². The van der Waals surface area contributed by atoms with E-state index in [1.165, 1.54) is 18.3 Å². The van der Waals surface area contributed by atoms with E-state index in [0.717, 1.165) is 18.5 Å². The van der Waals surface area contributed by atoms with Gasteiger partial charge in [-0.3, -0.25) is 14.8 Å². The van der Waals surface area contributed by atoms with Crippen molar-refractivity contribution >= 4 is 5.91 Å². The predicted octanol–water partition coefficient (Wildman–Crippen LogP) is 3.82. The maximum Gasteiger partial charge on any atom is 0.272 e. The second-order valence-electron chi connectivity index (χ2n) is 6.65. The molecule has 6 nitrogen and oxygen atoms in total. The van der Waals surface area contributed by atoms with E-state index < -0.39 is 0 Å². The lowest BCUT2D eigenvalue weighted by atomic mass is 9.95. The number of nitrogens with zero attached hydrogens (tertiary/aromatic N) is 4. The largest absolute Gasteiger partial charge is 0.437 e. The molecule has 3 aromatic rings. The summed E-state index contributed by atoms with van der Waals surface area (Å²) in [5.41, 5.74) is 1.20. The Morgan fingerprint density at radius 2 is 2.11 bits per heavy atom. The zero-order valence-electron chi connectivity index (χ0n) is 15.2. The van der Waals surface area contributed by atoms with Gasteiger partial charge in [0.1, 0.15) is 17.3 Å². The third-order valence-corrected chi connectivity index (χ3v) is 4.66. The average molecular weight is 378 g/mol. The first kappa shape index (κ1) is 18.0. The summed E-state index contributed by atoms with van der Waals surface area (Å²) in [6.45, 7) is 1.24. The Bertz CT molecular complexity index is 967. The number of carbonyl (C=O) groups excluding carboxylic acids is 1. The number of piperidine rings is 1. The molecule has 28 heavy (non-hydrogen) atoms. The first-order valence-corrected chi connectivity index (χ1v) is 9.15. The normalized spacial score (nSPS) is 16.6. The van der Waals surface area contributed by atoms with E-state index in [4.69, 9.17) is 4.74 Å². The van der Waals surface area contributed by atoms with E-state index in [-0.39, 0.29) is 17.6 Å². The number of halogens is 1. The van der Waals surface area contributed by atoms with Gasteiger partial charge in [0.15, 0.2) is 0 Å². The topological polar surface area (TPSA) is 68.2 Å². The second-order valence-corrected chi connectivity index (χ2v) is 6.65. The Hall–Kier alpha value is -3.35. The summed E-state index contributed by atoms with van der Waals surface area (Å²) in [6.07, 6.45) is 6.59. The van der Waals surface area contributed by atoms with Gasteiger partial charge in [-0.1, -0.05) is 12.1 Å².